The summed E-state index contributed by atoms with van der Waals surface area (Å²) in [6, 6.07) is 0. The first-order valence-electron chi connectivity index (χ1n) is 10.6. The van der Waals surface area contributed by atoms with Crippen LogP contribution in [0.15, 0.2) is 9.66 Å². The van der Waals surface area contributed by atoms with E-state index in [1.807, 2.05) is 19.9 Å². The molecule has 0 aromatic heterocycles. The third-order valence-corrected chi connectivity index (χ3v) is 11.0. The number of ether oxygens (including phenoxy) is 6. The van der Waals surface area contributed by atoms with Gasteiger partial charge in [0.2, 0.25) is 11.8 Å². The lowest BCUT2D eigenvalue weighted by molar-refractivity contribution is -0.326. The van der Waals surface area contributed by atoms with Gasteiger partial charge in [-0.1, -0.05) is 51.3 Å². The average molecular weight is 806 g/mol. The third kappa shape index (κ3) is 5.65. The Morgan fingerprint density at radius 2 is 1.39 bits per heavy atom. The zero-order valence-electron chi connectivity index (χ0n) is 18.3. The van der Waals surface area contributed by atoms with E-state index in [9.17, 15) is 9.59 Å². The molecule has 4 N–H and O–H groups in total. The number of carbonyl (C=O) groups is 2. The summed E-state index contributed by atoms with van der Waals surface area (Å²) in [6.45, 7) is 4.09. The minimum atomic E-state index is -1.00. The van der Waals surface area contributed by atoms with Gasteiger partial charge in [0.05, 0.1) is 45.1 Å². The van der Waals surface area contributed by atoms with Crippen molar-refractivity contribution >= 4 is 79.6 Å². The Kier molecular flexibility index (Phi) is 10.1. The summed E-state index contributed by atoms with van der Waals surface area (Å²) in [5.74, 6) is -3.18. The van der Waals surface area contributed by atoms with E-state index in [0.717, 1.165) is 3.58 Å². The maximum absolute atomic E-state index is 13.1. The molecule has 0 bridgehead atoms. The number of amides is 2. The van der Waals surface area contributed by atoms with Crippen LogP contribution in [0.3, 0.4) is 0 Å². The Hall–Kier alpha value is 0.630. The zero-order chi connectivity index (χ0) is 24.4. The molecule has 2 fully saturated rings. The molecule has 10 nitrogen and oxygen atoms in total. The second kappa shape index (κ2) is 11.8. The summed E-state index contributed by atoms with van der Waals surface area (Å²) in [5, 5.41) is 0. The van der Waals surface area contributed by atoms with Crippen LogP contribution in [-0.2, 0) is 38.0 Å². The van der Waals surface area contributed by atoms with Crippen molar-refractivity contribution in [3.05, 3.63) is 9.66 Å². The molecule has 13 heteroatoms. The number of allylic oxidation sites excluding steroid dienone is 1. The van der Waals surface area contributed by atoms with Crippen molar-refractivity contribution < 1.29 is 38.0 Å². The molecule has 33 heavy (non-hydrogen) atoms. The van der Waals surface area contributed by atoms with Crippen molar-refractivity contribution in [3.63, 3.8) is 0 Å². The summed E-state index contributed by atoms with van der Waals surface area (Å²) in [4.78, 5) is 25.8. The van der Waals surface area contributed by atoms with Crippen molar-refractivity contribution in [2.45, 2.75) is 33.6 Å². The number of nitrogens with two attached hydrogens (primary N) is 2. The Morgan fingerprint density at radius 1 is 0.939 bits per heavy atom. The van der Waals surface area contributed by atoms with Crippen LogP contribution in [0.25, 0.3) is 0 Å². The van der Waals surface area contributed by atoms with Crippen LogP contribution in [-0.4, -0.2) is 71.3 Å². The molecule has 2 heterocycles. The normalized spacial score (nSPS) is 41.9. The number of hydrogen-bond donors (Lipinski definition) is 2. The van der Waals surface area contributed by atoms with Gasteiger partial charge in [0.1, 0.15) is 0 Å². The van der Waals surface area contributed by atoms with Crippen LogP contribution in [0.2, 0.25) is 0 Å². The standard InChI is InChI=1S/C20H29I3N2O8/c1-3-28-17-30-6-10(7-31-17)19(22)5-12(21)13(15(24)26)20(23,14(19)16(25)27)11-8-32-18(29-4-2)33-9-11/h5,10-11,13-14,17-18H,3-4,6-9H2,1-2H3,(H2,24,26)(H2,25,27). The fraction of sp³-hybridized carbons (Fsp3) is 0.800. The second-order valence-corrected chi connectivity index (χ2v) is 13.1. The van der Waals surface area contributed by atoms with E-state index in [2.05, 4.69) is 67.8 Å². The van der Waals surface area contributed by atoms with E-state index in [-0.39, 0.29) is 25.0 Å². The quantitative estimate of drug-likeness (QED) is 0.280. The molecular weight excluding hydrogens is 777 g/mol. The first-order valence-corrected chi connectivity index (χ1v) is 13.9. The van der Waals surface area contributed by atoms with Crippen molar-refractivity contribution in [1.82, 2.24) is 0 Å². The zero-order valence-corrected chi connectivity index (χ0v) is 24.8. The van der Waals surface area contributed by atoms with Gasteiger partial charge in [0.25, 0.3) is 13.0 Å². The predicted molar refractivity (Wildman–Crippen MR) is 143 cm³/mol. The number of halogens is 3. The monoisotopic (exact) mass is 806 g/mol. The molecule has 2 saturated heterocycles. The minimum Gasteiger partial charge on any atom is -0.369 e. The van der Waals surface area contributed by atoms with Crippen molar-refractivity contribution in [3.8, 4) is 0 Å². The molecular formula is C20H29I3N2O8. The number of primary amides is 2. The van der Waals surface area contributed by atoms with E-state index < -0.39 is 43.4 Å². The lowest BCUT2D eigenvalue weighted by Gasteiger charge is -2.55. The molecule has 0 saturated carbocycles. The minimum absolute atomic E-state index is 0.221. The van der Waals surface area contributed by atoms with Gasteiger partial charge in [-0.2, -0.15) is 0 Å². The van der Waals surface area contributed by atoms with Gasteiger partial charge in [-0.3, -0.25) is 9.59 Å². The maximum atomic E-state index is 13.1. The van der Waals surface area contributed by atoms with Gasteiger partial charge in [0, 0.05) is 28.6 Å². The summed E-state index contributed by atoms with van der Waals surface area (Å²) in [7, 11) is 0. The second-order valence-electron chi connectivity index (χ2n) is 8.07. The SMILES string of the molecule is CCOC1OCC(C2(I)C=C(I)C(C(N)=O)C(I)(C3COC(OCC)OC3)C2C(N)=O)CO1. The van der Waals surface area contributed by atoms with Crippen LogP contribution in [0, 0.1) is 23.7 Å². The van der Waals surface area contributed by atoms with Gasteiger partial charge in [-0.15, -0.1) is 0 Å². The number of alkyl halides is 2. The van der Waals surface area contributed by atoms with E-state index in [0.29, 0.717) is 26.4 Å². The summed E-state index contributed by atoms with van der Waals surface area (Å²) in [6.07, 6.45) is 1.92. The van der Waals surface area contributed by atoms with Crippen molar-refractivity contribution in [2.75, 3.05) is 39.6 Å². The molecule has 2 amide bonds. The molecule has 2 aliphatic heterocycles. The van der Waals surface area contributed by atoms with Gasteiger partial charge in [0.15, 0.2) is 0 Å². The first kappa shape index (κ1) is 28.2. The van der Waals surface area contributed by atoms with Crippen LogP contribution >= 0.6 is 67.8 Å². The molecule has 0 aromatic rings. The van der Waals surface area contributed by atoms with Crippen LogP contribution < -0.4 is 11.5 Å². The van der Waals surface area contributed by atoms with E-state index in [1.165, 1.54) is 0 Å². The molecule has 4 unspecified atom stereocenters. The fourth-order valence-electron chi connectivity index (χ4n) is 4.66. The van der Waals surface area contributed by atoms with Gasteiger partial charge in [-0.25, -0.2) is 0 Å². The highest BCUT2D eigenvalue weighted by molar-refractivity contribution is 14.1. The van der Waals surface area contributed by atoms with Crippen molar-refractivity contribution in [2.24, 2.45) is 35.1 Å². The first-order chi connectivity index (χ1) is 15.6. The molecule has 188 valence electrons. The Bertz CT molecular complexity index is 758. The van der Waals surface area contributed by atoms with Gasteiger partial charge < -0.3 is 39.9 Å². The Balaban J connectivity index is 1.99. The predicted octanol–water partition coefficient (Wildman–Crippen LogP) is 1.84. The molecule has 1 aliphatic carbocycles. The number of hydrogen-bond acceptors (Lipinski definition) is 8. The van der Waals surface area contributed by atoms with Crippen LogP contribution in [0.4, 0.5) is 0 Å². The highest BCUT2D eigenvalue weighted by atomic mass is 127. The topological polar surface area (TPSA) is 142 Å². The molecule has 4 atom stereocenters. The molecule has 0 radical (unpaired) electrons. The van der Waals surface area contributed by atoms with Gasteiger partial charge in [-0.05, 0) is 36.4 Å². The highest BCUT2D eigenvalue weighted by Crippen LogP contribution is 2.60. The van der Waals surface area contributed by atoms with Crippen molar-refractivity contribution in [1.29, 1.82) is 0 Å². The lowest BCUT2D eigenvalue weighted by atomic mass is 9.61. The molecule has 0 spiro atoms. The summed E-state index contributed by atoms with van der Waals surface area (Å²) >= 11 is 6.57. The van der Waals surface area contributed by atoms with E-state index >= 15 is 0 Å². The van der Waals surface area contributed by atoms with Gasteiger partial charge >= 0.3 is 0 Å². The van der Waals surface area contributed by atoms with Crippen LogP contribution in [0.1, 0.15) is 13.8 Å². The number of rotatable bonds is 8. The molecule has 3 rings (SSSR count). The fourth-order valence-corrected chi connectivity index (χ4v) is 11.1. The van der Waals surface area contributed by atoms with E-state index in [1.54, 1.807) is 0 Å². The van der Waals surface area contributed by atoms with Crippen LogP contribution in [0.5, 0.6) is 0 Å². The summed E-state index contributed by atoms with van der Waals surface area (Å²) < 4.78 is 32.7. The number of carbonyl (C=O) groups excluding carboxylic acids is 2. The summed E-state index contributed by atoms with van der Waals surface area (Å²) in [5.41, 5.74) is 11.9. The third-order valence-electron chi connectivity index (χ3n) is 6.12. The Labute approximate surface area is 233 Å². The molecule has 3 aliphatic rings. The van der Waals surface area contributed by atoms with E-state index in [4.69, 9.17) is 39.9 Å². The smallest absolute Gasteiger partial charge is 0.271 e. The highest BCUT2D eigenvalue weighted by Gasteiger charge is 2.65. The largest absolute Gasteiger partial charge is 0.369 e. The Morgan fingerprint density at radius 3 is 1.79 bits per heavy atom. The molecule has 0 aromatic carbocycles. The average Bonchev–Trinajstić information content (AvgIpc) is 2.74. The lowest BCUT2D eigenvalue weighted by Crippen LogP contribution is -2.67. The maximum Gasteiger partial charge on any atom is 0.271 e.